The summed E-state index contributed by atoms with van der Waals surface area (Å²) in [4.78, 5) is 23.6. The summed E-state index contributed by atoms with van der Waals surface area (Å²) >= 11 is 0. The van der Waals surface area contributed by atoms with Crippen molar-refractivity contribution in [1.82, 2.24) is 4.68 Å². The highest BCUT2D eigenvalue weighted by Crippen LogP contribution is 2.25. The highest BCUT2D eigenvalue weighted by Gasteiger charge is 2.15. The molecule has 0 saturated carbocycles. The number of methoxy groups -OCH3 is 1. The summed E-state index contributed by atoms with van der Waals surface area (Å²) in [5, 5.41) is 9.00. The van der Waals surface area contributed by atoms with Gasteiger partial charge in [0.1, 0.15) is 5.75 Å². The van der Waals surface area contributed by atoms with Crippen LogP contribution in [0.5, 0.6) is 5.75 Å². The number of aliphatic carboxylic acids is 1. The average molecular weight is 364 g/mol. The Labute approximate surface area is 157 Å². The summed E-state index contributed by atoms with van der Waals surface area (Å²) in [6, 6.07) is 20.0. The van der Waals surface area contributed by atoms with Crippen LogP contribution in [0, 0.1) is 0 Å². The van der Waals surface area contributed by atoms with E-state index >= 15 is 0 Å². The number of aromatic nitrogens is 1. The van der Waals surface area contributed by atoms with Gasteiger partial charge in [-0.15, -0.1) is 0 Å². The fourth-order valence-electron chi connectivity index (χ4n) is 2.78. The average Bonchev–Trinajstić information content (AvgIpc) is 3.09. The van der Waals surface area contributed by atoms with Gasteiger partial charge < -0.3 is 9.84 Å². The van der Waals surface area contributed by atoms with Crippen LogP contribution in [0.15, 0.2) is 66.7 Å². The van der Waals surface area contributed by atoms with Crippen molar-refractivity contribution in [2.24, 2.45) is 0 Å². The van der Waals surface area contributed by atoms with Gasteiger partial charge >= 0.3 is 5.97 Å². The first-order valence-electron chi connectivity index (χ1n) is 8.51. The van der Waals surface area contributed by atoms with Crippen LogP contribution in [0.2, 0.25) is 0 Å². The summed E-state index contributed by atoms with van der Waals surface area (Å²) in [6.07, 6.45) is 0.286. The van der Waals surface area contributed by atoms with Crippen molar-refractivity contribution < 1.29 is 19.4 Å². The quantitative estimate of drug-likeness (QED) is 0.672. The number of aryl methyl sites for hydroxylation is 1. The van der Waals surface area contributed by atoms with E-state index in [0.29, 0.717) is 17.7 Å². The number of ether oxygens (including phenoxy) is 1. The van der Waals surface area contributed by atoms with Gasteiger partial charge in [-0.05, 0) is 48.5 Å². The van der Waals surface area contributed by atoms with Gasteiger partial charge in [0, 0.05) is 23.2 Å². The minimum absolute atomic E-state index is 0.0206. The minimum atomic E-state index is -0.886. The maximum atomic E-state index is 12.6. The number of rotatable bonds is 7. The lowest BCUT2D eigenvalue weighted by Gasteiger charge is -2.15. The van der Waals surface area contributed by atoms with Crippen molar-refractivity contribution in [3.63, 3.8) is 0 Å². The van der Waals surface area contributed by atoms with E-state index in [2.05, 4.69) is 5.43 Å². The van der Waals surface area contributed by atoms with E-state index in [0.717, 1.165) is 17.0 Å². The highest BCUT2D eigenvalue weighted by molar-refractivity contribution is 6.00. The molecular formula is C21H20N2O4. The SMILES string of the molecule is COc1ccc(-c2ccc(CCC(=O)O)n2NC(=O)c2ccccc2)cc1. The van der Waals surface area contributed by atoms with E-state index in [4.69, 9.17) is 9.84 Å². The van der Waals surface area contributed by atoms with E-state index in [1.807, 2.05) is 42.5 Å². The second kappa shape index (κ2) is 8.23. The third-order valence-corrected chi connectivity index (χ3v) is 4.19. The van der Waals surface area contributed by atoms with Crippen LogP contribution in [-0.2, 0) is 11.2 Å². The van der Waals surface area contributed by atoms with Gasteiger partial charge in [0.25, 0.3) is 5.91 Å². The van der Waals surface area contributed by atoms with Crippen molar-refractivity contribution in [1.29, 1.82) is 0 Å². The largest absolute Gasteiger partial charge is 0.497 e. The lowest BCUT2D eigenvalue weighted by Crippen LogP contribution is -2.25. The van der Waals surface area contributed by atoms with Crippen LogP contribution in [0.25, 0.3) is 11.3 Å². The summed E-state index contributed by atoms with van der Waals surface area (Å²) in [6.45, 7) is 0. The molecule has 0 aliphatic rings. The molecular weight excluding hydrogens is 344 g/mol. The van der Waals surface area contributed by atoms with Gasteiger partial charge in [-0.25, -0.2) is 0 Å². The smallest absolute Gasteiger partial charge is 0.303 e. The molecule has 3 rings (SSSR count). The summed E-state index contributed by atoms with van der Waals surface area (Å²) < 4.78 is 6.84. The number of benzene rings is 2. The molecule has 0 unspecified atom stereocenters. The Morgan fingerprint density at radius 2 is 1.70 bits per heavy atom. The Balaban J connectivity index is 1.95. The van der Waals surface area contributed by atoms with Crippen molar-refractivity contribution in [2.45, 2.75) is 12.8 Å². The monoisotopic (exact) mass is 364 g/mol. The van der Waals surface area contributed by atoms with Crippen LogP contribution in [-0.4, -0.2) is 28.8 Å². The molecule has 0 bridgehead atoms. The lowest BCUT2D eigenvalue weighted by molar-refractivity contribution is -0.136. The summed E-state index contributed by atoms with van der Waals surface area (Å²) in [5.74, 6) is -0.419. The van der Waals surface area contributed by atoms with E-state index < -0.39 is 5.97 Å². The fraction of sp³-hybridized carbons (Fsp3) is 0.143. The number of carbonyl (C=O) groups is 2. The van der Waals surface area contributed by atoms with E-state index in [9.17, 15) is 9.59 Å². The zero-order chi connectivity index (χ0) is 19.2. The normalized spacial score (nSPS) is 10.4. The predicted molar refractivity (Wildman–Crippen MR) is 103 cm³/mol. The molecule has 0 saturated heterocycles. The van der Waals surface area contributed by atoms with E-state index in [-0.39, 0.29) is 12.3 Å². The van der Waals surface area contributed by atoms with Crippen molar-refractivity contribution in [3.05, 3.63) is 78.0 Å². The molecule has 6 heteroatoms. The van der Waals surface area contributed by atoms with Gasteiger partial charge in [-0.3, -0.25) is 19.7 Å². The van der Waals surface area contributed by atoms with Crippen molar-refractivity contribution >= 4 is 11.9 Å². The molecule has 138 valence electrons. The van der Waals surface area contributed by atoms with Gasteiger partial charge in [0.2, 0.25) is 0 Å². The number of carboxylic acid groups (broad SMARTS) is 1. The third kappa shape index (κ3) is 4.36. The molecule has 0 aliphatic carbocycles. The van der Waals surface area contributed by atoms with E-state index in [1.165, 1.54) is 0 Å². The number of nitrogens with zero attached hydrogens (tertiary/aromatic N) is 1. The molecule has 1 heterocycles. The topological polar surface area (TPSA) is 80.6 Å². The summed E-state index contributed by atoms with van der Waals surface area (Å²) in [7, 11) is 1.60. The Bertz CT molecular complexity index is 931. The molecule has 0 atom stereocenters. The first-order chi connectivity index (χ1) is 13.1. The molecule has 0 aliphatic heterocycles. The van der Waals surface area contributed by atoms with Gasteiger partial charge in [0.15, 0.2) is 0 Å². The number of carbonyl (C=O) groups excluding carboxylic acids is 1. The molecule has 2 N–H and O–H groups in total. The van der Waals surface area contributed by atoms with Crippen molar-refractivity contribution in [2.75, 3.05) is 12.5 Å². The van der Waals surface area contributed by atoms with Crippen LogP contribution in [0.4, 0.5) is 0 Å². The maximum absolute atomic E-state index is 12.6. The minimum Gasteiger partial charge on any atom is -0.497 e. The van der Waals surface area contributed by atoms with Gasteiger partial charge in [0.05, 0.1) is 19.2 Å². The molecule has 3 aromatic rings. The highest BCUT2D eigenvalue weighted by atomic mass is 16.5. The van der Waals surface area contributed by atoms with Crippen LogP contribution >= 0.6 is 0 Å². The van der Waals surface area contributed by atoms with Gasteiger partial charge in [-0.1, -0.05) is 18.2 Å². The molecule has 0 spiro atoms. The maximum Gasteiger partial charge on any atom is 0.303 e. The second-order valence-electron chi connectivity index (χ2n) is 5.97. The second-order valence-corrected chi connectivity index (χ2v) is 5.97. The fourth-order valence-corrected chi connectivity index (χ4v) is 2.78. The first kappa shape index (κ1) is 18.3. The molecule has 0 radical (unpaired) electrons. The Morgan fingerprint density at radius 1 is 1.00 bits per heavy atom. The number of amides is 1. The molecule has 27 heavy (non-hydrogen) atoms. The number of carboxylic acids is 1. The number of hydrogen-bond donors (Lipinski definition) is 2. The summed E-state index contributed by atoms with van der Waals surface area (Å²) in [5.41, 5.74) is 5.77. The first-order valence-corrected chi connectivity index (χ1v) is 8.51. The predicted octanol–water partition coefficient (Wildman–Crippen LogP) is 3.56. The van der Waals surface area contributed by atoms with Gasteiger partial charge in [-0.2, -0.15) is 0 Å². The zero-order valence-corrected chi connectivity index (χ0v) is 14.9. The van der Waals surface area contributed by atoms with Crippen LogP contribution < -0.4 is 10.2 Å². The van der Waals surface area contributed by atoms with Crippen LogP contribution in [0.1, 0.15) is 22.5 Å². The lowest BCUT2D eigenvalue weighted by atomic mass is 10.1. The molecule has 2 aromatic carbocycles. The Hall–Kier alpha value is -3.54. The van der Waals surface area contributed by atoms with E-state index in [1.54, 1.807) is 36.1 Å². The number of nitrogens with one attached hydrogen (secondary N) is 1. The molecule has 0 fully saturated rings. The molecule has 6 nitrogen and oxygen atoms in total. The molecule has 1 amide bonds. The standard InChI is InChI=1S/C21H20N2O4/c1-27-18-11-7-15(8-12-18)19-13-9-17(10-14-20(24)25)23(19)22-21(26)16-5-3-2-4-6-16/h2-9,11-13H,10,14H2,1H3,(H,22,26)(H,24,25). The van der Waals surface area contributed by atoms with Crippen molar-refractivity contribution in [3.8, 4) is 17.0 Å². The third-order valence-electron chi connectivity index (χ3n) is 4.19. The Morgan fingerprint density at radius 3 is 2.33 bits per heavy atom. The molecule has 1 aromatic heterocycles. The van der Waals surface area contributed by atoms with Crippen LogP contribution in [0.3, 0.4) is 0 Å². The Kier molecular flexibility index (Phi) is 5.56. The zero-order valence-electron chi connectivity index (χ0n) is 14.9. The number of hydrogen-bond acceptors (Lipinski definition) is 3.